The van der Waals surface area contributed by atoms with E-state index in [4.69, 9.17) is 5.26 Å². The van der Waals surface area contributed by atoms with Gasteiger partial charge >= 0.3 is 5.69 Å². The zero-order valence-corrected chi connectivity index (χ0v) is 15.1. The Labute approximate surface area is 157 Å². The molecule has 1 fully saturated rings. The quantitative estimate of drug-likeness (QED) is 0.715. The van der Waals surface area contributed by atoms with Gasteiger partial charge in [0.05, 0.1) is 17.3 Å². The summed E-state index contributed by atoms with van der Waals surface area (Å²) >= 11 is 0. The second-order valence-electron chi connectivity index (χ2n) is 6.74. The number of anilines is 1. The number of aromatic nitrogens is 4. The van der Waals surface area contributed by atoms with Gasteiger partial charge in [-0.2, -0.15) is 10.4 Å². The van der Waals surface area contributed by atoms with E-state index in [9.17, 15) is 4.79 Å². The molecule has 3 aromatic rings. The lowest BCUT2D eigenvalue weighted by molar-refractivity contribution is 0.480. The summed E-state index contributed by atoms with van der Waals surface area (Å²) in [5.74, 6) is 1.68. The van der Waals surface area contributed by atoms with Crippen LogP contribution in [0.3, 0.4) is 0 Å². The summed E-state index contributed by atoms with van der Waals surface area (Å²) in [6, 6.07) is 15.3. The number of rotatable bonds is 3. The van der Waals surface area contributed by atoms with Crippen LogP contribution >= 0.6 is 0 Å². The Morgan fingerprint density at radius 1 is 1.22 bits per heavy atom. The SMILES string of the molecule is Cn1nc([C@@H]2CCCN(c3cc(C#N)ccn3)C2)n(-c2ccccc2)c1=O. The summed E-state index contributed by atoms with van der Waals surface area (Å²) in [5, 5.41) is 13.7. The normalized spacial score (nSPS) is 16.9. The van der Waals surface area contributed by atoms with Crippen LogP contribution in [-0.4, -0.2) is 32.4 Å². The predicted molar refractivity (Wildman–Crippen MR) is 102 cm³/mol. The lowest BCUT2D eigenvalue weighted by Crippen LogP contribution is -2.36. The van der Waals surface area contributed by atoms with Crippen LogP contribution in [0, 0.1) is 11.3 Å². The van der Waals surface area contributed by atoms with Gasteiger partial charge in [-0.25, -0.2) is 19.0 Å². The van der Waals surface area contributed by atoms with Crippen molar-refractivity contribution in [2.45, 2.75) is 18.8 Å². The molecule has 27 heavy (non-hydrogen) atoms. The first kappa shape index (κ1) is 17.0. The fourth-order valence-electron chi connectivity index (χ4n) is 3.62. The van der Waals surface area contributed by atoms with Gasteiger partial charge in [-0.3, -0.25) is 0 Å². The predicted octanol–water partition coefficient (Wildman–Crippen LogP) is 2.22. The van der Waals surface area contributed by atoms with Gasteiger partial charge in [0.2, 0.25) is 0 Å². The third kappa shape index (κ3) is 3.22. The molecule has 4 rings (SSSR count). The standard InChI is InChI=1S/C20H20N6O/c1-24-20(27)26(17-7-3-2-4-8-17)19(23-24)16-6-5-11-25(14-16)18-12-15(13-21)9-10-22-18/h2-4,7-10,12,16H,5-6,11,14H2,1H3/t16-/m1/s1. The first-order valence-electron chi connectivity index (χ1n) is 9.00. The number of para-hydroxylation sites is 1. The van der Waals surface area contributed by atoms with E-state index in [-0.39, 0.29) is 11.6 Å². The molecule has 1 saturated heterocycles. The fourth-order valence-corrected chi connectivity index (χ4v) is 3.62. The molecule has 1 atom stereocenters. The molecule has 0 bridgehead atoms. The van der Waals surface area contributed by atoms with Gasteiger partial charge in [0, 0.05) is 32.3 Å². The second-order valence-corrected chi connectivity index (χ2v) is 6.74. The molecule has 2 aromatic heterocycles. The Bertz CT molecular complexity index is 1050. The number of aryl methyl sites for hydroxylation is 1. The zero-order chi connectivity index (χ0) is 18.8. The average Bonchev–Trinajstić information content (AvgIpc) is 3.03. The van der Waals surface area contributed by atoms with Crippen molar-refractivity contribution in [1.82, 2.24) is 19.3 Å². The number of piperidine rings is 1. The molecule has 3 heterocycles. The maximum atomic E-state index is 12.7. The van der Waals surface area contributed by atoms with Crippen LogP contribution in [0.25, 0.3) is 5.69 Å². The largest absolute Gasteiger partial charge is 0.356 e. The number of hydrogen-bond donors (Lipinski definition) is 0. The van der Waals surface area contributed by atoms with Gasteiger partial charge in [-0.1, -0.05) is 18.2 Å². The summed E-state index contributed by atoms with van der Waals surface area (Å²) in [6.07, 6.45) is 3.60. The number of pyridine rings is 1. The van der Waals surface area contributed by atoms with Crippen LogP contribution in [0.4, 0.5) is 5.82 Å². The highest BCUT2D eigenvalue weighted by molar-refractivity contribution is 5.46. The highest BCUT2D eigenvalue weighted by Gasteiger charge is 2.28. The monoisotopic (exact) mass is 360 g/mol. The van der Waals surface area contributed by atoms with Crippen molar-refractivity contribution >= 4 is 5.82 Å². The lowest BCUT2D eigenvalue weighted by atomic mass is 9.97. The van der Waals surface area contributed by atoms with Gasteiger partial charge in [0.25, 0.3) is 0 Å². The molecule has 7 heteroatoms. The maximum Gasteiger partial charge on any atom is 0.350 e. The minimum atomic E-state index is -0.141. The number of hydrogen-bond acceptors (Lipinski definition) is 5. The number of nitrogens with zero attached hydrogens (tertiary/aromatic N) is 6. The molecule has 0 saturated carbocycles. The molecule has 0 spiro atoms. The molecule has 1 aliphatic heterocycles. The van der Waals surface area contributed by atoms with Gasteiger partial charge < -0.3 is 4.90 Å². The topological polar surface area (TPSA) is 79.7 Å². The highest BCUT2D eigenvalue weighted by Crippen LogP contribution is 2.29. The van der Waals surface area contributed by atoms with Crippen molar-refractivity contribution in [3.8, 4) is 11.8 Å². The molecular weight excluding hydrogens is 340 g/mol. The molecule has 0 unspecified atom stereocenters. The Morgan fingerprint density at radius 2 is 2.04 bits per heavy atom. The number of nitriles is 1. The van der Waals surface area contributed by atoms with E-state index >= 15 is 0 Å². The van der Waals surface area contributed by atoms with Crippen molar-refractivity contribution in [2.24, 2.45) is 7.05 Å². The van der Waals surface area contributed by atoms with Crippen LogP contribution in [0.5, 0.6) is 0 Å². The lowest BCUT2D eigenvalue weighted by Gasteiger charge is -2.33. The molecule has 0 radical (unpaired) electrons. The maximum absolute atomic E-state index is 12.7. The summed E-state index contributed by atoms with van der Waals surface area (Å²) in [7, 11) is 1.68. The van der Waals surface area contributed by atoms with E-state index < -0.39 is 0 Å². The van der Waals surface area contributed by atoms with Crippen molar-refractivity contribution in [2.75, 3.05) is 18.0 Å². The summed E-state index contributed by atoms with van der Waals surface area (Å²) < 4.78 is 3.10. The van der Waals surface area contributed by atoms with Gasteiger partial charge in [-0.15, -0.1) is 0 Å². The smallest absolute Gasteiger partial charge is 0.350 e. The van der Waals surface area contributed by atoms with Crippen LogP contribution in [0.15, 0.2) is 53.5 Å². The van der Waals surface area contributed by atoms with Crippen molar-refractivity contribution in [1.29, 1.82) is 5.26 Å². The molecular formula is C20H20N6O. The second kappa shape index (κ2) is 7.08. The van der Waals surface area contributed by atoms with Gasteiger partial charge in [0.15, 0.2) is 0 Å². The summed E-state index contributed by atoms with van der Waals surface area (Å²) in [6.45, 7) is 1.59. The highest BCUT2D eigenvalue weighted by atomic mass is 16.2. The molecule has 0 aliphatic carbocycles. The van der Waals surface area contributed by atoms with Gasteiger partial charge in [-0.05, 0) is 37.1 Å². The van der Waals surface area contributed by atoms with E-state index in [0.717, 1.165) is 36.7 Å². The van der Waals surface area contributed by atoms with E-state index in [0.29, 0.717) is 12.1 Å². The minimum Gasteiger partial charge on any atom is -0.356 e. The van der Waals surface area contributed by atoms with Crippen molar-refractivity contribution < 1.29 is 0 Å². The van der Waals surface area contributed by atoms with Gasteiger partial charge in [0.1, 0.15) is 11.6 Å². The Hall–Kier alpha value is -3.40. The zero-order valence-electron chi connectivity index (χ0n) is 15.1. The van der Waals surface area contributed by atoms with E-state index in [1.807, 2.05) is 36.4 Å². The number of benzene rings is 1. The van der Waals surface area contributed by atoms with Crippen LogP contribution in [0.2, 0.25) is 0 Å². The van der Waals surface area contributed by atoms with E-state index in [1.165, 1.54) is 4.68 Å². The minimum absolute atomic E-state index is 0.111. The van der Waals surface area contributed by atoms with Crippen molar-refractivity contribution in [3.05, 3.63) is 70.5 Å². The van der Waals surface area contributed by atoms with Crippen LogP contribution in [-0.2, 0) is 7.05 Å². The molecule has 1 aliphatic rings. The molecule has 0 N–H and O–H groups in total. The van der Waals surface area contributed by atoms with Crippen LogP contribution in [0.1, 0.15) is 30.1 Å². The Kier molecular flexibility index (Phi) is 4.47. The van der Waals surface area contributed by atoms with E-state index in [1.54, 1.807) is 23.9 Å². The third-order valence-electron chi connectivity index (χ3n) is 4.95. The molecule has 7 nitrogen and oxygen atoms in total. The molecule has 136 valence electrons. The molecule has 1 aromatic carbocycles. The summed E-state index contributed by atoms with van der Waals surface area (Å²) in [4.78, 5) is 19.3. The van der Waals surface area contributed by atoms with Crippen LogP contribution < -0.4 is 10.6 Å². The Morgan fingerprint density at radius 3 is 2.81 bits per heavy atom. The first-order chi connectivity index (χ1) is 13.2. The summed E-state index contributed by atoms with van der Waals surface area (Å²) in [5.41, 5.74) is 1.28. The fraction of sp³-hybridized carbons (Fsp3) is 0.300. The van der Waals surface area contributed by atoms with E-state index in [2.05, 4.69) is 21.1 Å². The third-order valence-corrected chi connectivity index (χ3v) is 4.95. The van der Waals surface area contributed by atoms with Crippen molar-refractivity contribution in [3.63, 3.8) is 0 Å². The Balaban J connectivity index is 1.69. The first-order valence-corrected chi connectivity index (χ1v) is 9.00. The average molecular weight is 360 g/mol. The molecule has 0 amide bonds.